The Balaban J connectivity index is 2.93. The van der Waals surface area contributed by atoms with Crippen LogP contribution in [0.2, 0.25) is 0 Å². The summed E-state index contributed by atoms with van der Waals surface area (Å²) in [5, 5.41) is 2.82. The monoisotopic (exact) mass is 220 g/mol. The lowest BCUT2D eigenvalue weighted by Gasteiger charge is -2.22. The minimum absolute atomic E-state index is 0.0290. The summed E-state index contributed by atoms with van der Waals surface area (Å²) >= 11 is 0. The Morgan fingerprint density at radius 2 is 1.94 bits per heavy atom. The molecule has 0 saturated heterocycles. The standard InChI is InChI=1S/C13H20N2O/c1-5-15(6-2)12-7-8-13(10(3)9-12)14-11(4)16/h7-9H,5-6H2,1-4H3,(H,14,16). The van der Waals surface area contributed by atoms with Gasteiger partial charge in [0.25, 0.3) is 0 Å². The lowest BCUT2D eigenvalue weighted by molar-refractivity contribution is -0.114. The molecular formula is C13H20N2O. The first-order chi connectivity index (χ1) is 7.58. The van der Waals surface area contributed by atoms with E-state index in [-0.39, 0.29) is 5.91 Å². The zero-order valence-corrected chi connectivity index (χ0v) is 10.5. The van der Waals surface area contributed by atoms with Gasteiger partial charge in [0.15, 0.2) is 0 Å². The average molecular weight is 220 g/mol. The smallest absolute Gasteiger partial charge is 0.221 e. The van der Waals surface area contributed by atoms with Gasteiger partial charge in [0, 0.05) is 31.4 Å². The fourth-order valence-electron chi connectivity index (χ4n) is 1.76. The van der Waals surface area contributed by atoms with Crippen LogP contribution in [0.15, 0.2) is 18.2 Å². The van der Waals surface area contributed by atoms with Crippen LogP contribution >= 0.6 is 0 Å². The first-order valence-corrected chi connectivity index (χ1v) is 5.71. The fraction of sp³-hybridized carbons (Fsp3) is 0.462. The molecular weight excluding hydrogens is 200 g/mol. The van der Waals surface area contributed by atoms with Crippen molar-refractivity contribution in [3.8, 4) is 0 Å². The Hall–Kier alpha value is -1.51. The molecule has 3 nitrogen and oxygen atoms in total. The Morgan fingerprint density at radius 1 is 1.31 bits per heavy atom. The minimum Gasteiger partial charge on any atom is -0.372 e. The van der Waals surface area contributed by atoms with Gasteiger partial charge in [-0.1, -0.05) is 0 Å². The maximum atomic E-state index is 11.0. The van der Waals surface area contributed by atoms with Crippen LogP contribution in [-0.4, -0.2) is 19.0 Å². The van der Waals surface area contributed by atoms with Crippen LogP contribution < -0.4 is 10.2 Å². The second-order valence-electron chi connectivity index (χ2n) is 3.85. The van der Waals surface area contributed by atoms with Crippen molar-refractivity contribution < 1.29 is 4.79 Å². The van der Waals surface area contributed by atoms with Crippen LogP contribution in [0.1, 0.15) is 26.3 Å². The molecule has 0 saturated carbocycles. The highest BCUT2D eigenvalue weighted by molar-refractivity contribution is 5.89. The molecule has 0 aliphatic heterocycles. The van der Waals surface area contributed by atoms with Crippen molar-refractivity contribution in [3.63, 3.8) is 0 Å². The zero-order valence-electron chi connectivity index (χ0n) is 10.5. The van der Waals surface area contributed by atoms with Crippen molar-refractivity contribution in [2.24, 2.45) is 0 Å². The molecule has 1 amide bonds. The number of anilines is 2. The maximum absolute atomic E-state index is 11.0. The summed E-state index contributed by atoms with van der Waals surface area (Å²) in [4.78, 5) is 13.3. The van der Waals surface area contributed by atoms with Crippen LogP contribution in [0.5, 0.6) is 0 Å². The first-order valence-electron chi connectivity index (χ1n) is 5.71. The van der Waals surface area contributed by atoms with Gasteiger partial charge in [0.05, 0.1) is 0 Å². The van der Waals surface area contributed by atoms with Crippen molar-refractivity contribution in [3.05, 3.63) is 23.8 Å². The molecule has 0 unspecified atom stereocenters. The average Bonchev–Trinajstić information content (AvgIpc) is 2.23. The highest BCUT2D eigenvalue weighted by Gasteiger charge is 2.05. The summed E-state index contributed by atoms with van der Waals surface area (Å²) < 4.78 is 0. The summed E-state index contributed by atoms with van der Waals surface area (Å²) in [6.07, 6.45) is 0. The van der Waals surface area contributed by atoms with Gasteiger partial charge in [0.2, 0.25) is 5.91 Å². The highest BCUT2D eigenvalue weighted by atomic mass is 16.1. The Morgan fingerprint density at radius 3 is 2.38 bits per heavy atom. The van der Waals surface area contributed by atoms with E-state index in [0.717, 1.165) is 24.3 Å². The van der Waals surface area contributed by atoms with Crippen LogP contribution in [0.25, 0.3) is 0 Å². The number of benzene rings is 1. The topological polar surface area (TPSA) is 32.3 Å². The van der Waals surface area contributed by atoms with Gasteiger partial charge < -0.3 is 10.2 Å². The molecule has 0 atom stereocenters. The quantitative estimate of drug-likeness (QED) is 0.846. The van der Waals surface area contributed by atoms with Crippen molar-refractivity contribution in [2.45, 2.75) is 27.7 Å². The van der Waals surface area contributed by atoms with E-state index in [4.69, 9.17) is 0 Å². The number of carbonyl (C=O) groups is 1. The van der Waals surface area contributed by atoms with E-state index in [9.17, 15) is 4.79 Å². The summed E-state index contributed by atoms with van der Waals surface area (Å²) in [7, 11) is 0. The van der Waals surface area contributed by atoms with Gasteiger partial charge in [-0.15, -0.1) is 0 Å². The van der Waals surface area contributed by atoms with Crippen molar-refractivity contribution in [2.75, 3.05) is 23.3 Å². The largest absolute Gasteiger partial charge is 0.372 e. The van der Waals surface area contributed by atoms with Crippen LogP contribution in [0, 0.1) is 6.92 Å². The molecule has 1 N–H and O–H groups in total. The molecule has 0 aliphatic carbocycles. The molecule has 1 aromatic carbocycles. The van der Waals surface area contributed by atoms with Gasteiger partial charge in [-0.2, -0.15) is 0 Å². The predicted octanol–water partition coefficient (Wildman–Crippen LogP) is 2.80. The number of nitrogens with one attached hydrogen (secondary N) is 1. The molecule has 0 fully saturated rings. The normalized spacial score (nSPS) is 10.0. The van der Waals surface area contributed by atoms with Gasteiger partial charge in [-0.05, 0) is 44.5 Å². The fourth-order valence-corrected chi connectivity index (χ4v) is 1.76. The predicted molar refractivity (Wildman–Crippen MR) is 69.0 cm³/mol. The number of amides is 1. The number of rotatable bonds is 4. The molecule has 3 heteroatoms. The van der Waals surface area contributed by atoms with Gasteiger partial charge >= 0.3 is 0 Å². The molecule has 0 bridgehead atoms. The molecule has 0 aliphatic rings. The van der Waals surface area contributed by atoms with E-state index in [1.165, 1.54) is 12.6 Å². The number of nitrogens with zero attached hydrogens (tertiary/aromatic N) is 1. The molecule has 16 heavy (non-hydrogen) atoms. The van der Waals surface area contributed by atoms with E-state index in [1.807, 2.05) is 19.1 Å². The lowest BCUT2D eigenvalue weighted by Crippen LogP contribution is -2.21. The Kier molecular flexibility index (Phi) is 4.35. The third kappa shape index (κ3) is 2.99. The molecule has 88 valence electrons. The highest BCUT2D eigenvalue weighted by Crippen LogP contribution is 2.22. The summed E-state index contributed by atoms with van der Waals surface area (Å²) in [6.45, 7) is 9.81. The number of carbonyl (C=O) groups excluding carboxylic acids is 1. The molecule has 1 rings (SSSR count). The molecule has 0 radical (unpaired) electrons. The van der Waals surface area contributed by atoms with E-state index >= 15 is 0 Å². The maximum Gasteiger partial charge on any atom is 0.221 e. The molecule has 0 aromatic heterocycles. The van der Waals surface area contributed by atoms with E-state index < -0.39 is 0 Å². The third-order valence-corrected chi connectivity index (χ3v) is 2.65. The van der Waals surface area contributed by atoms with Crippen LogP contribution in [-0.2, 0) is 4.79 Å². The third-order valence-electron chi connectivity index (χ3n) is 2.65. The first kappa shape index (κ1) is 12.6. The Labute approximate surface area is 97.5 Å². The Bertz CT molecular complexity index is 370. The van der Waals surface area contributed by atoms with Gasteiger partial charge in [-0.25, -0.2) is 0 Å². The summed E-state index contributed by atoms with van der Waals surface area (Å²) in [5.41, 5.74) is 3.19. The van der Waals surface area contributed by atoms with E-state index in [0.29, 0.717) is 0 Å². The van der Waals surface area contributed by atoms with Crippen LogP contribution in [0.3, 0.4) is 0 Å². The SMILES string of the molecule is CCN(CC)c1ccc(NC(C)=O)c(C)c1. The number of aryl methyl sites for hydroxylation is 1. The minimum atomic E-state index is -0.0290. The van der Waals surface area contributed by atoms with E-state index in [1.54, 1.807) is 0 Å². The zero-order chi connectivity index (χ0) is 12.1. The van der Waals surface area contributed by atoms with Gasteiger partial charge in [0.1, 0.15) is 0 Å². The summed E-state index contributed by atoms with van der Waals surface area (Å²) in [6, 6.07) is 6.12. The number of hydrogen-bond acceptors (Lipinski definition) is 2. The second-order valence-corrected chi connectivity index (χ2v) is 3.85. The van der Waals surface area contributed by atoms with Gasteiger partial charge in [-0.3, -0.25) is 4.79 Å². The van der Waals surface area contributed by atoms with Crippen molar-refractivity contribution in [1.29, 1.82) is 0 Å². The molecule has 1 aromatic rings. The van der Waals surface area contributed by atoms with Crippen molar-refractivity contribution >= 4 is 17.3 Å². The molecule has 0 heterocycles. The number of hydrogen-bond donors (Lipinski definition) is 1. The van der Waals surface area contributed by atoms with Crippen LogP contribution in [0.4, 0.5) is 11.4 Å². The van der Waals surface area contributed by atoms with Crippen molar-refractivity contribution in [1.82, 2.24) is 0 Å². The summed E-state index contributed by atoms with van der Waals surface area (Å²) in [5.74, 6) is -0.0290. The lowest BCUT2D eigenvalue weighted by atomic mass is 10.1. The van der Waals surface area contributed by atoms with E-state index in [2.05, 4.69) is 30.1 Å². The molecule has 0 spiro atoms. The second kappa shape index (κ2) is 5.54.